The number of amidine groups is 1. The van der Waals surface area contributed by atoms with Gasteiger partial charge < -0.3 is 20.2 Å². The highest BCUT2D eigenvalue weighted by atomic mass is 32.2. The number of fused-ring (bicyclic) bond motifs is 1. The van der Waals surface area contributed by atoms with Crippen LogP contribution in [-0.4, -0.2) is 56.5 Å². The van der Waals surface area contributed by atoms with Crippen LogP contribution in [0.5, 0.6) is 11.5 Å². The maximum Gasteiger partial charge on any atom is 0.269 e. The first-order chi connectivity index (χ1) is 19.2. The molecule has 2 heterocycles. The molecule has 3 aromatic carbocycles. The third-order valence-corrected chi connectivity index (χ3v) is 8.93. The average molecular weight is 564 g/mol. The van der Waals surface area contributed by atoms with Gasteiger partial charge in [-0.3, -0.25) is 10.1 Å². The number of piperidine rings is 1. The van der Waals surface area contributed by atoms with E-state index in [9.17, 15) is 8.42 Å². The van der Waals surface area contributed by atoms with Gasteiger partial charge in [-0.2, -0.15) is 0 Å². The van der Waals surface area contributed by atoms with Crippen molar-refractivity contribution in [2.75, 3.05) is 31.5 Å². The molecule has 2 aliphatic heterocycles. The minimum atomic E-state index is -3.85. The monoisotopic (exact) mass is 563 g/mol. The molecular weight excluding hydrogens is 528 g/mol. The fourth-order valence-electron chi connectivity index (χ4n) is 5.29. The predicted octanol–water partition coefficient (Wildman–Crippen LogP) is 4.07. The third kappa shape index (κ3) is 5.75. The van der Waals surface area contributed by atoms with Crippen molar-refractivity contribution in [1.82, 2.24) is 4.90 Å². The lowest BCUT2D eigenvalue weighted by Gasteiger charge is -2.37. The van der Waals surface area contributed by atoms with Crippen molar-refractivity contribution in [2.45, 2.75) is 37.1 Å². The Morgan fingerprint density at radius 1 is 0.925 bits per heavy atom. The summed E-state index contributed by atoms with van der Waals surface area (Å²) in [5, 5.41) is 16.7. The molecule has 5 rings (SSSR count). The van der Waals surface area contributed by atoms with Crippen LogP contribution in [0.4, 0.5) is 5.69 Å². The Balaban J connectivity index is 1.32. The van der Waals surface area contributed by atoms with Crippen LogP contribution in [-0.2, 0) is 23.0 Å². The molecule has 0 atom stereocenters. The highest BCUT2D eigenvalue weighted by Gasteiger charge is 2.40. The molecule has 0 saturated carbocycles. The molecule has 0 bridgehead atoms. The number of sulfonamides is 1. The Labute approximate surface area is 234 Å². The Kier molecular flexibility index (Phi) is 7.68. The van der Waals surface area contributed by atoms with Gasteiger partial charge in [0.05, 0.1) is 17.6 Å². The normalized spacial score (nSPS) is 16.5. The third-order valence-electron chi connectivity index (χ3n) is 7.54. The van der Waals surface area contributed by atoms with Crippen molar-refractivity contribution in [3.8, 4) is 11.5 Å². The summed E-state index contributed by atoms with van der Waals surface area (Å²) in [5.74, 6) is 1.59. The van der Waals surface area contributed by atoms with E-state index < -0.39 is 10.0 Å². The molecule has 0 spiro atoms. The van der Waals surface area contributed by atoms with Crippen LogP contribution >= 0.6 is 0 Å². The van der Waals surface area contributed by atoms with Gasteiger partial charge >= 0.3 is 0 Å². The Morgan fingerprint density at radius 2 is 1.60 bits per heavy atom. The molecule has 0 amide bonds. The number of quaternary nitrogens is 1. The van der Waals surface area contributed by atoms with Crippen LogP contribution in [0.1, 0.15) is 36.0 Å². The number of nitrogens with two attached hydrogens (primary N) is 1. The molecule has 40 heavy (non-hydrogen) atoms. The second-order valence-electron chi connectivity index (χ2n) is 10.2. The number of nitrogens with zero attached hydrogens (tertiary/aromatic N) is 2. The van der Waals surface area contributed by atoms with Crippen molar-refractivity contribution in [1.29, 1.82) is 10.8 Å². The summed E-state index contributed by atoms with van der Waals surface area (Å²) in [6.07, 6.45) is 3.69. The van der Waals surface area contributed by atoms with Crippen LogP contribution in [0, 0.1) is 10.8 Å². The number of nitrogens with one attached hydrogen (secondary N) is 3. The van der Waals surface area contributed by atoms with Crippen LogP contribution in [0.25, 0.3) is 0 Å². The molecule has 5 N–H and O–H groups in total. The zero-order valence-corrected chi connectivity index (χ0v) is 23.3. The first kappa shape index (κ1) is 27.5. The topological polar surface area (TPSA) is 142 Å². The van der Waals surface area contributed by atoms with Crippen molar-refractivity contribution >= 4 is 27.5 Å². The molecule has 1 saturated heterocycles. The van der Waals surface area contributed by atoms with Gasteiger partial charge in [-0.15, -0.1) is 0 Å². The zero-order valence-electron chi connectivity index (χ0n) is 22.5. The summed E-state index contributed by atoms with van der Waals surface area (Å²) < 4.78 is 34.3. The van der Waals surface area contributed by atoms with E-state index in [4.69, 9.17) is 26.1 Å². The van der Waals surface area contributed by atoms with Gasteiger partial charge in [0.15, 0.2) is 11.7 Å². The lowest BCUT2D eigenvalue weighted by molar-refractivity contribution is -1.01. The van der Waals surface area contributed by atoms with Gasteiger partial charge in [0.2, 0.25) is 0 Å². The molecule has 0 radical (unpaired) electrons. The molecule has 3 aromatic rings. The fourth-order valence-corrected chi connectivity index (χ4v) is 6.34. The Bertz CT molecular complexity index is 1500. The van der Waals surface area contributed by atoms with E-state index in [2.05, 4.69) is 4.72 Å². The van der Waals surface area contributed by atoms with E-state index in [1.165, 1.54) is 12.1 Å². The highest BCUT2D eigenvalue weighted by Crippen LogP contribution is 2.29. The predicted molar refractivity (Wildman–Crippen MR) is 154 cm³/mol. The molecule has 1 fully saturated rings. The molecule has 0 aliphatic carbocycles. The van der Waals surface area contributed by atoms with E-state index in [-0.39, 0.29) is 15.5 Å². The van der Waals surface area contributed by atoms with Crippen LogP contribution < -0.4 is 20.0 Å². The van der Waals surface area contributed by atoms with E-state index >= 15 is 0 Å². The maximum absolute atomic E-state index is 13.2. The van der Waals surface area contributed by atoms with Crippen LogP contribution in [0.3, 0.4) is 0 Å². The molecule has 0 unspecified atom stereocenters. The van der Waals surface area contributed by atoms with E-state index in [0.717, 1.165) is 48.1 Å². The van der Waals surface area contributed by atoms with Crippen LogP contribution in [0.15, 0.2) is 71.6 Å². The van der Waals surface area contributed by atoms with Crippen molar-refractivity contribution in [3.05, 3.63) is 83.4 Å². The number of hydroxylamine groups is 3. The number of benzene rings is 3. The summed E-state index contributed by atoms with van der Waals surface area (Å²) in [7, 11) is -2.24. The second-order valence-corrected chi connectivity index (χ2v) is 11.9. The standard InChI is InChI=1S/C29H35N6O4S/c1-38-25-9-6-22(7-10-25)28(30)35(17-3-2-4-18-35)39-26-11-13-27(14-12-26)40(36,37)33-24-8-5-21-15-16-34(29(31)32)20-23(21)19-24/h5-14,19,30,33H,2-4,15-18,20H2,1H3,(H3,31,32)/q+1. The van der Waals surface area contributed by atoms with Gasteiger partial charge in [-0.25, -0.2) is 13.8 Å². The summed E-state index contributed by atoms with van der Waals surface area (Å²) in [5.41, 5.74) is 8.92. The van der Waals surface area contributed by atoms with Crippen molar-refractivity contribution < 1.29 is 22.6 Å². The van der Waals surface area contributed by atoms with Gasteiger partial charge in [0.25, 0.3) is 15.9 Å². The Hall–Kier alpha value is -4.09. The van der Waals surface area contributed by atoms with E-state index in [0.29, 0.717) is 43.5 Å². The smallest absolute Gasteiger partial charge is 0.269 e. The first-order valence-corrected chi connectivity index (χ1v) is 14.8. The molecule has 0 aromatic heterocycles. The summed E-state index contributed by atoms with van der Waals surface area (Å²) in [6.45, 7) is 2.46. The minimum absolute atomic E-state index is 0.00621. The average Bonchev–Trinajstić information content (AvgIpc) is 2.97. The first-order valence-electron chi connectivity index (χ1n) is 13.3. The second kappa shape index (κ2) is 11.2. The van der Waals surface area contributed by atoms with E-state index in [1.54, 1.807) is 36.3 Å². The van der Waals surface area contributed by atoms with Gasteiger partial charge in [-0.05, 0) is 84.6 Å². The zero-order chi connectivity index (χ0) is 28.3. The number of ether oxygens (including phenoxy) is 1. The number of methoxy groups -OCH3 is 1. The maximum atomic E-state index is 13.2. The quantitative estimate of drug-likeness (QED) is 0.194. The van der Waals surface area contributed by atoms with Crippen LogP contribution in [0.2, 0.25) is 0 Å². The number of rotatable bonds is 7. The lowest BCUT2D eigenvalue weighted by atomic mass is 9.99. The molecule has 2 aliphatic rings. The number of hydrogen-bond donors (Lipinski definition) is 4. The molecule has 11 heteroatoms. The van der Waals surface area contributed by atoms with Crippen molar-refractivity contribution in [2.24, 2.45) is 5.73 Å². The largest absolute Gasteiger partial charge is 0.497 e. The summed E-state index contributed by atoms with van der Waals surface area (Å²) >= 11 is 0. The summed E-state index contributed by atoms with van der Waals surface area (Å²) in [6, 6.07) is 19.2. The van der Waals surface area contributed by atoms with Crippen molar-refractivity contribution in [3.63, 3.8) is 0 Å². The number of likely N-dealkylation sites (tertiary alicyclic amines) is 1. The number of anilines is 1. The highest BCUT2D eigenvalue weighted by molar-refractivity contribution is 7.92. The van der Waals surface area contributed by atoms with Gasteiger partial charge in [0.1, 0.15) is 18.8 Å². The van der Waals surface area contributed by atoms with E-state index in [1.807, 2.05) is 30.3 Å². The molecular formula is C29H35N6O4S+. The lowest BCUT2D eigenvalue weighted by Crippen LogP contribution is -2.58. The fraction of sp³-hybridized carbons (Fsp3) is 0.310. The molecule has 210 valence electrons. The molecule has 10 nitrogen and oxygen atoms in total. The number of hydrogen-bond acceptors (Lipinski definition) is 6. The number of guanidine groups is 1. The summed E-state index contributed by atoms with van der Waals surface area (Å²) in [4.78, 5) is 8.29. The van der Waals surface area contributed by atoms with Gasteiger partial charge in [0, 0.05) is 31.6 Å². The SMILES string of the molecule is COc1ccc(C(=N)[N+]2(Oc3ccc(S(=O)(=O)Nc4ccc5c(c4)CN(C(=N)N)CC5)cc3)CCCCC2)cc1. The van der Waals surface area contributed by atoms with Gasteiger partial charge in [-0.1, -0.05) is 10.7 Å². The Morgan fingerprint density at radius 3 is 2.25 bits per heavy atom. The minimum Gasteiger partial charge on any atom is -0.497 e.